The molecule has 1 heterocycles. The van der Waals surface area contributed by atoms with Crippen molar-refractivity contribution in [2.75, 3.05) is 13.2 Å². The summed E-state index contributed by atoms with van der Waals surface area (Å²) in [5.41, 5.74) is 0.350. The molecule has 0 saturated heterocycles. The molecule has 0 bridgehead atoms. The van der Waals surface area contributed by atoms with Gasteiger partial charge in [0, 0.05) is 4.47 Å². The Morgan fingerprint density at radius 2 is 2.00 bits per heavy atom. The van der Waals surface area contributed by atoms with Crippen LogP contribution in [0.5, 0.6) is 5.75 Å². The number of nitrogens with zero attached hydrogens (tertiary/aromatic N) is 2. The van der Waals surface area contributed by atoms with Crippen LogP contribution in [0.25, 0.3) is 10.9 Å². The third kappa shape index (κ3) is 4.45. The third-order valence-corrected chi connectivity index (χ3v) is 4.03. The molecule has 0 aliphatic carbocycles. The van der Waals surface area contributed by atoms with E-state index in [2.05, 4.69) is 26.2 Å². The smallest absolute Gasteiger partial charge is 0.261 e. The maximum atomic E-state index is 12.4. The topological polar surface area (TPSA) is 73.2 Å². The Kier molecular flexibility index (Phi) is 5.45. The summed E-state index contributed by atoms with van der Waals surface area (Å²) < 4.78 is 7.59. The van der Waals surface area contributed by atoms with E-state index in [1.807, 2.05) is 36.4 Å². The molecule has 2 aromatic carbocycles. The molecule has 1 N–H and O–H groups in total. The summed E-state index contributed by atoms with van der Waals surface area (Å²) in [6.07, 6.45) is 1.39. The first kappa shape index (κ1) is 17.2. The molecule has 0 radical (unpaired) electrons. The molecule has 0 spiro atoms. The minimum atomic E-state index is -0.269. The Bertz CT molecular complexity index is 941. The van der Waals surface area contributed by atoms with Gasteiger partial charge in [0.1, 0.15) is 18.9 Å². The Balaban J connectivity index is 1.57. The van der Waals surface area contributed by atoms with Gasteiger partial charge in [0.15, 0.2) is 0 Å². The van der Waals surface area contributed by atoms with Gasteiger partial charge in [-0.05, 0) is 30.3 Å². The van der Waals surface area contributed by atoms with Crippen molar-refractivity contribution in [2.24, 2.45) is 0 Å². The fraction of sp³-hybridized carbons (Fsp3) is 0.167. The van der Waals surface area contributed by atoms with Gasteiger partial charge in [-0.15, -0.1) is 0 Å². The number of carbonyl (C=O) groups excluding carboxylic acids is 1. The number of rotatable bonds is 6. The quantitative estimate of drug-likeness (QED) is 0.643. The molecule has 1 aromatic heterocycles. The molecule has 0 aliphatic rings. The highest BCUT2D eigenvalue weighted by molar-refractivity contribution is 9.10. The van der Waals surface area contributed by atoms with Crippen molar-refractivity contribution in [3.63, 3.8) is 0 Å². The third-order valence-electron chi connectivity index (χ3n) is 3.54. The van der Waals surface area contributed by atoms with Gasteiger partial charge in [-0.25, -0.2) is 4.98 Å². The minimum Gasteiger partial charge on any atom is -0.492 e. The molecule has 0 saturated carbocycles. The molecule has 0 aliphatic heterocycles. The summed E-state index contributed by atoms with van der Waals surface area (Å²) in [4.78, 5) is 28.7. The normalized spacial score (nSPS) is 10.6. The number of fused-ring (bicyclic) bond motifs is 1. The Morgan fingerprint density at radius 1 is 1.20 bits per heavy atom. The van der Waals surface area contributed by atoms with Gasteiger partial charge in [-0.3, -0.25) is 14.2 Å². The van der Waals surface area contributed by atoms with E-state index in [9.17, 15) is 9.59 Å². The van der Waals surface area contributed by atoms with Gasteiger partial charge in [0.2, 0.25) is 5.91 Å². The van der Waals surface area contributed by atoms with E-state index in [4.69, 9.17) is 4.74 Å². The van der Waals surface area contributed by atoms with E-state index in [-0.39, 0.29) is 18.0 Å². The number of amides is 1. The predicted molar refractivity (Wildman–Crippen MR) is 98.6 cm³/mol. The number of hydrogen-bond acceptors (Lipinski definition) is 4. The maximum absolute atomic E-state index is 12.4. The van der Waals surface area contributed by atoms with E-state index in [1.165, 1.54) is 10.9 Å². The zero-order chi connectivity index (χ0) is 17.6. The number of aromatic nitrogens is 2. The van der Waals surface area contributed by atoms with Crippen LogP contribution >= 0.6 is 15.9 Å². The number of benzene rings is 2. The Hall–Kier alpha value is -2.67. The van der Waals surface area contributed by atoms with Crippen molar-refractivity contribution >= 4 is 32.7 Å². The number of ether oxygens (including phenoxy) is 1. The van der Waals surface area contributed by atoms with Crippen LogP contribution in [0.2, 0.25) is 0 Å². The number of carbonyl (C=O) groups is 1. The van der Waals surface area contributed by atoms with Crippen LogP contribution < -0.4 is 15.6 Å². The lowest BCUT2D eigenvalue weighted by Crippen LogP contribution is -2.34. The summed E-state index contributed by atoms with van der Waals surface area (Å²) in [5.74, 6) is 0.479. The lowest BCUT2D eigenvalue weighted by Gasteiger charge is -2.09. The standard InChI is InChI=1S/C18H16BrN3O3/c19-13-6-7-16-15(10-13)18(24)22(12-21-16)11-17(23)20-8-9-25-14-4-2-1-3-5-14/h1-7,10,12H,8-9,11H2,(H,20,23). The summed E-state index contributed by atoms with van der Waals surface area (Å²) >= 11 is 3.33. The fourth-order valence-corrected chi connectivity index (χ4v) is 2.69. The highest BCUT2D eigenvalue weighted by Crippen LogP contribution is 2.14. The molecule has 0 unspecified atom stereocenters. The molecule has 7 heteroatoms. The van der Waals surface area contributed by atoms with Crippen molar-refractivity contribution in [3.05, 3.63) is 69.7 Å². The minimum absolute atomic E-state index is 0.0837. The molecule has 6 nitrogen and oxygen atoms in total. The number of nitrogens with one attached hydrogen (secondary N) is 1. The Morgan fingerprint density at radius 3 is 2.80 bits per heavy atom. The molecule has 3 aromatic rings. The highest BCUT2D eigenvalue weighted by Gasteiger charge is 2.08. The molecule has 0 atom stereocenters. The van der Waals surface area contributed by atoms with Crippen LogP contribution in [-0.4, -0.2) is 28.6 Å². The van der Waals surface area contributed by atoms with Crippen LogP contribution in [0.3, 0.4) is 0 Å². The van der Waals surface area contributed by atoms with Gasteiger partial charge >= 0.3 is 0 Å². The zero-order valence-corrected chi connectivity index (χ0v) is 14.9. The van der Waals surface area contributed by atoms with E-state index in [1.54, 1.807) is 12.1 Å². The van der Waals surface area contributed by atoms with Gasteiger partial charge in [-0.2, -0.15) is 0 Å². The SMILES string of the molecule is O=C(Cn1cnc2ccc(Br)cc2c1=O)NCCOc1ccccc1. The summed E-state index contributed by atoms with van der Waals surface area (Å²) in [6.45, 7) is 0.627. The largest absolute Gasteiger partial charge is 0.492 e. The van der Waals surface area contributed by atoms with E-state index >= 15 is 0 Å². The van der Waals surface area contributed by atoms with Crippen LogP contribution in [0.1, 0.15) is 0 Å². The second-order valence-corrected chi connectivity index (χ2v) is 6.27. The zero-order valence-electron chi connectivity index (χ0n) is 13.3. The van der Waals surface area contributed by atoms with Crippen LogP contribution in [0.15, 0.2) is 64.1 Å². The fourth-order valence-electron chi connectivity index (χ4n) is 2.33. The van der Waals surface area contributed by atoms with E-state index in [0.717, 1.165) is 10.2 Å². The average molecular weight is 402 g/mol. The van der Waals surface area contributed by atoms with E-state index < -0.39 is 0 Å². The molecule has 25 heavy (non-hydrogen) atoms. The second kappa shape index (κ2) is 7.94. The van der Waals surface area contributed by atoms with Crippen LogP contribution in [0, 0.1) is 0 Å². The van der Waals surface area contributed by atoms with Crippen molar-refractivity contribution in [3.8, 4) is 5.75 Å². The molecular weight excluding hydrogens is 386 g/mol. The first-order valence-corrected chi connectivity index (χ1v) is 8.52. The summed E-state index contributed by atoms with van der Waals surface area (Å²) in [7, 11) is 0. The molecule has 128 valence electrons. The second-order valence-electron chi connectivity index (χ2n) is 5.35. The number of halogens is 1. The molecular formula is C18H16BrN3O3. The molecule has 0 fully saturated rings. The van der Waals surface area contributed by atoms with Crippen molar-refractivity contribution in [2.45, 2.75) is 6.54 Å². The predicted octanol–water partition coefficient (Wildman–Crippen LogP) is 2.35. The highest BCUT2D eigenvalue weighted by atomic mass is 79.9. The van der Waals surface area contributed by atoms with Crippen molar-refractivity contribution < 1.29 is 9.53 Å². The first-order valence-electron chi connectivity index (χ1n) is 7.73. The summed E-state index contributed by atoms with van der Waals surface area (Å²) in [6, 6.07) is 14.6. The van der Waals surface area contributed by atoms with E-state index in [0.29, 0.717) is 24.1 Å². The van der Waals surface area contributed by atoms with Crippen LogP contribution in [0.4, 0.5) is 0 Å². The van der Waals surface area contributed by atoms with Gasteiger partial charge in [0.25, 0.3) is 5.56 Å². The Labute approximate surface area is 152 Å². The average Bonchev–Trinajstić information content (AvgIpc) is 2.62. The number of hydrogen-bond donors (Lipinski definition) is 1. The monoisotopic (exact) mass is 401 g/mol. The number of para-hydroxylation sites is 1. The maximum Gasteiger partial charge on any atom is 0.261 e. The van der Waals surface area contributed by atoms with Gasteiger partial charge in [0.05, 0.1) is 23.8 Å². The van der Waals surface area contributed by atoms with Crippen LogP contribution in [-0.2, 0) is 11.3 Å². The lowest BCUT2D eigenvalue weighted by atomic mass is 10.2. The first-order chi connectivity index (χ1) is 12.1. The van der Waals surface area contributed by atoms with Gasteiger partial charge < -0.3 is 10.1 Å². The lowest BCUT2D eigenvalue weighted by molar-refractivity contribution is -0.121. The molecule has 3 rings (SSSR count). The van der Waals surface area contributed by atoms with Crippen molar-refractivity contribution in [1.82, 2.24) is 14.9 Å². The molecule has 1 amide bonds. The van der Waals surface area contributed by atoms with Gasteiger partial charge in [-0.1, -0.05) is 34.1 Å². The summed E-state index contributed by atoms with van der Waals surface area (Å²) in [5, 5.41) is 3.20. The van der Waals surface area contributed by atoms with Crippen molar-refractivity contribution in [1.29, 1.82) is 0 Å².